The summed E-state index contributed by atoms with van der Waals surface area (Å²) in [5.74, 6) is 0.657. The van der Waals surface area contributed by atoms with Gasteiger partial charge in [-0.1, -0.05) is 75.5 Å². The van der Waals surface area contributed by atoms with Crippen molar-refractivity contribution >= 4 is 51.0 Å². The molecule has 1 fully saturated rings. The smallest absolute Gasteiger partial charge is 0.322 e. The first-order chi connectivity index (χ1) is 16.5. The molecule has 174 valence electrons. The van der Waals surface area contributed by atoms with Crippen molar-refractivity contribution in [2.45, 2.75) is 12.1 Å². The van der Waals surface area contributed by atoms with Gasteiger partial charge in [0.25, 0.3) is 0 Å². The second kappa shape index (κ2) is 10.1. The SMILES string of the molecule is O=C(N1CCNCC1)N1C(c2cccc(Br)c2)=NC(c2ccc(Cl)cc2)C1c1ccc(Cl)cc1. The molecule has 1 N–H and O–H groups in total. The number of amides is 2. The summed E-state index contributed by atoms with van der Waals surface area (Å²) in [4.78, 5) is 23.0. The van der Waals surface area contributed by atoms with Crippen molar-refractivity contribution in [2.75, 3.05) is 26.2 Å². The molecule has 2 heterocycles. The lowest BCUT2D eigenvalue weighted by Gasteiger charge is -2.36. The fourth-order valence-corrected chi connectivity index (χ4v) is 5.16. The minimum atomic E-state index is -0.324. The number of carbonyl (C=O) groups excluding carboxylic acids is 1. The molecule has 5 nitrogen and oxygen atoms in total. The Morgan fingerprint density at radius 2 is 1.53 bits per heavy atom. The van der Waals surface area contributed by atoms with E-state index in [1.807, 2.05) is 82.6 Å². The standard InChI is InChI=1S/C26H23BrCl2N4O/c27-20-3-1-2-19(16-20)25-31-23(17-4-8-21(28)9-5-17)24(18-6-10-22(29)11-7-18)33(25)26(34)32-14-12-30-13-15-32/h1-11,16,23-24,30H,12-15H2. The molecule has 3 aromatic carbocycles. The Morgan fingerprint density at radius 3 is 2.15 bits per heavy atom. The first kappa shape index (κ1) is 23.4. The highest BCUT2D eigenvalue weighted by Gasteiger charge is 2.43. The molecule has 0 spiro atoms. The topological polar surface area (TPSA) is 47.9 Å². The Kier molecular flexibility index (Phi) is 6.93. The predicted molar refractivity (Wildman–Crippen MR) is 141 cm³/mol. The lowest BCUT2D eigenvalue weighted by Crippen LogP contribution is -2.53. The molecule has 2 amide bonds. The summed E-state index contributed by atoms with van der Waals surface area (Å²) in [7, 11) is 0. The minimum Gasteiger partial charge on any atom is -0.322 e. The van der Waals surface area contributed by atoms with Gasteiger partial charge in [-0.05, 0) is 47.5 Å². The third-order valence-corrected chi connectivity index (χ3v) is 7.16. The van der Waals surface area contributed by atoms with Crippen LogP contribution in [0.5, 0.6) is 0 Å². The molecule has 0 bridgehead atoms. The van der Waals surface area contributed by atoms with Crippen molar-refractivity contribution in [1.82, 2.24) is 15.1 Å². The van der Waals surface area contributed by atoms with Crippen LogP contribution in [0.15, 0.2) is 82.3 Å². The second-order valence-corrected chi connectivity index (χ2v) is 10.1. The van der Waals surface area contributed by atoms with Crippen molar-refractivity contribution in [1.29, 1.82) is 0 Å². The average Bonchev–Trinajstić information content (AvgIpc) is 3.25. The maximum atomic E-state index is 14.0. The van der Waals surface area contributed by atoms with Crippen molar-refractivity contribution in [3.05, 3.63) is 104 Å². The predicted octanol–water partition coefficient (Wildman–Crippen LogP) is 6.33. The van der Waals surface area contributed by atoms with Gasteiger partial charge in [-0.2, -0.15) is 0 Å². The van der Waals surface area contributed by atoms with E-state index >= 15 is 0 Å². The van der Waals surface area contributed by atoms with Crippen molar-refractivity contribution in [3.8, 4) is 0 Å². The zero-order valence-corrected chi connectivity index (χ0v) is 21.4. The van der Waals surface area contributed by atoms with Crippen LogP contribution in [0.4, 0.5) is 4.79 Å². The third kappa shape index (κ3) is 4.73. The molecule has 2 aliphatic heterocycles. The Morgan fingerprint density at radius 1 is 0.912 bits per heavy atom. The van der Waals surface area contributed by atoms with Crippen LogP contribution in [-0.4, -0.2) is 47.8 Å². The molecule has 2 atom stereocenters. The lowest BCUT2D eigenvalue weighted by atomic mass is 9.93. The monoisotopic (exact) mass is 556 g/mol. The number of aliphatic imine (C=N–C) groups is 1. The molecule has 34 heavy (non-hydrogen) atoms. The summed E-state index contributed by atoms with van der Waals surface area (Å²) in [5.41, 5.74) is 2.85. The highest BCUT2D eigenvalue weighted by Crippen LogP contribution is 2.44. The summed E-state index contributed by atoms with van der Waals surface area (Å²) < 4.78 is 0.931. The van der Waals surface area contributed by atoms with Crippen LogP contribution in [0, 0.1) is 0 Å². The largest absolute Gasteiger partial charge is 0.326 e. The number of hydrogen-bond donors (Lipinski definition) is 1. The van der Waals surface area contributed by atoms with Gasteiger partial charge < -0.3 is 10.2 Å². The number of nitrogens with zero attached hydrogens (tertiary/aromatic N) is 3. The summed E-state index contributed by atoms with van der Waals surface area (Å²) in [6.45, 7) is 2.85. The fraction of sp³-hybridized carbons (Fsp3) is 0.231. The van der Waals surface area contributed by atoms with Crippen LogP contribution in [0.2, 0.25) is 10.0 Å². The zero-order chi connectivity index (χ0) is 23.7. The van der Waals surface area contributed by atoms with Gasteiger partial charge in [-0.25, -0.2) is 4.79 Å². The molecule has 2 unspecified atom stereocenters. The van der Waals surface area contributed by atoms with E-state index in [1.54, 1.807) is 0 Å². The molecular weight excluding hydrogens is 535 g/mol. The van der Waals surface area contributed by atoms with E-state index in [9.17, 15) is 4.79 Å². The van der Waals surface area contributed by atoms with Gasteiger partial charge in [0, 0.05) is 46.3 Å². The Bertz CT molecular complexity index is 1210. The van der Waals surface area contributed by atoms with E-state index in [1.165, 1.54) is 0 Å². The number of benzene rings is 3. The number of urea groups is 1. The van der Waals surface area contributed by atoms with Gasteiger partial charge in [0.2, 0.25) is 0 Å². The van der Waals surface area contributed by atoms with Crippen molar-refractivity contribution in [2.24, 2.45) is 4.99 Å². The van der Waals surface area contributed by atoms with Crippen molar-refractivity contribution in [3.63, 3.8) is 0 Å². The Balaban J connectivity index is 1.66. The third-order valence-electron chi connectivity index (χ3n) is 6.17. The maximum absolute atomic E-state index is 14.0. The van der Waals surface area contributed by atoms with E-state index in [0.717, 1.165) is 34.3 Å². The number of nitrogens with one attached hydrogen (secondary N) is 1. The number of halogens is 3. The second-order valence-electron chi connectivity index (χ2n) is 8.35. The Hall–Kier alpha value is -2.38. The molecule has 0 aromatic heterocycles. The first-order valence-electron chi connectivity index (χ1n) is 11.1. The average molecular weight is 558 g/mol. The first-order valence-corrected chi connectivity index (χ1v) is 12.7. The van der Waals surface area contributed by atoms with Crippen molar-refractivity contribution < 1.29 is 4.79 Å². The number of amidine groups is 1. The van der Waals surface area contributed by atoms with Crippen LogP contribution in [0.3, 0.4) is 0 Å². The van der Waals surface area contributed by atoms with Gasteiger partial charge in [-0.15, -0.1) is 0 Å². The maximum Gasteiger partial charge on any atom is 0.326 e. The van der Waals surface area contributed by atoms with E-state index < -0.39 is 0 Å². The summed E-state index contributed by atoms with van der Waals surface area (Å²) in [6, 6.07) is 22.6. The molecule has 3 aromatic rings. The quantitative estimate of drug-likeness (QED) is 0.409. The summed E-state index contributed by atoms with van der Waals surface area (Å²) >= 11 is 16.0. The molecule has 1 saturated heterocycles. The molecular formula is C26H23BrCl2N4O. The number of carbonyl (C=O) groups is 1. The van der Waals surface area contributed by atoms with Crippen LogP contribution in [-0.2, 0) is 0 Å². The molecule has 0 aliphatic carbocycles. The number of hydrogen-bond acceptors (Lipinski definition) is 3. The number of piperazine rings is 1. The van der Waals surface area contributed by atoms with Crippen LogP contribution in [0.25, 0.3) is 0 Å². The minimum absolute atomic E-state index is 0.0448. The zero-order valence-electron chi connectivity index (χ0n) is 18.3. The molecule has 5 rings (SSSR count). The van der Waals surface area contributed by atoms with E-state index in [0.29, 0.717) is 29.0 Å². The van der Waals surface area contributed by atoms with Gasteiger partial charge in [0.1, 0.15) is 11.9 Å². The number of rotatable bonds is 3. The highest BCUT2D eigenvalue weighted by molar-refractivity contribution is 9.10. The molecule has 0 saturated carbocycles. The van der Waals surface area contributed by atoms with Crippen LogP contribution >= 0.6 is 39.1 Å². The molecule has 0 radical (unpaired) electrons. The van der Waals surface area contributed by atoms with Gasteiger partial charge in [0.05, 0.1) is 6.04 Å². The van der Waals surface area contributed by atoms with Crippen LogP contribution < -0.4 is 5.32 Å². The lowest BCUT2D eigenvalue weighted by molar-refractivity contribution is 0.157. The van der Waals surface area contributed by atoms with E-state index in [-0.39, 0.29) is 18.1 Å². The normalized spacial score (nSPS) is 20.4. The Labute approximate surface area is 217 Å². The fourth-order valence-electron chi connectivity index (χ4n) is 4.50. The summed E-state index contributed by atoms with van der Waals surface area (Å²) in [5, 5.41) is 4.64. The molecule has 8 heteroatoms. The van der Waals surface area contributed by atoms with Gasteiger partial charge in [-0.3, -0.25) is 9.89 Å². The summed E-state index contributed by atoms with van der Waals surface area (Å²) in [6.07, 6.45) is 0. The van der Waals surface area contributed by atoms with Crippen LogP contribution in [0.1, 0.15) is 28.8 Å². The van der Waals surface area contributed by atoms with E-state index in [2.05, 4.69) is 21.2 Å². The highest BCUT2D eigenvalue weighted by atomic mass is 79.9. The van der Waals surface area contributed by atoms with Gasteiger partial charge in [0.15, 0.2) is 0 Å². The molecule has 2 aliphatic rings. The van der Waals surface area contributed by atoms with Gasteiger partial charge >= 0.3 is 6.03 Å². The van der Waals surface area contributed by atoms with E-state index in [4.69, 9.17) is 28.2 Å².